The van der Waals surface area contributed by atoms with E-state index >= 15 is 0 Å². The van der Waals surface area contributed by atoms with Crippen molar-refractivity contribution in [2.75, 3.05) is 6.54 Å². The van der Waals surface area contributed by atoms with E-state index in [1.165, 1.54) is 4.57 Å². The number of rotatable bonds is 6. The summed E-state index contributed by atoms with van der Waals surface area (Å²) in [6.07, 6.45) is 1.42. The Morgan fingerprint density at radius 3 is 2.50 bits per heavy atom. The van der Waals surface area contributed by atoms with Gasteiger partial charge >= 0.3 is 0 Å². The first kappa shape index (κ1) is 17.9. The van der Waals surface area contributed by atoms with E-state index < -0.39 is 0 Å². The molecule has 1 amide bonds. The average Bonchev–Trinajstić information content (AvgIpc) is 2.86. The topological polar surface area (TPSA) is 81.8 Å². The van der Waals surface area contributed by atoms with E-state index in [0.717, 1.165) is 17.8 Å². The zero-order valence-electron chi connectivity index (χ0n) is 15.0. The lowest BCUT2D eigenvalue weighted by Gasteiger charge is -2.16. The molecular weight excluding hydrogens is 306 g/mol. The highest BCUT2D eigenvalue weighted by Gasteiger charge is 2.18. The molecule has 2 heterocycles. The van der Waals surface area contributed by atoms with Gasteiger partial charge in [-0.05, 0) is 39.7 Å². The highest BCUT2D eigenvalue weighted by molar-refractivity contribution is 5.75. The van der Waals surface area contributed by atoms with Gasteiger partial charge in [0.25, 0.3) is 5.56 Å². The minimum absolute atomic E-state index is 0.0627. The van der Waals surface area contributed by atoms with Crippen molar-refractivity contribution < 1.29 is 4.79 Å². The molecule has 0 spiro atoms. The molecule has 0 aromatic carbocycles. The number of nitrogens with zero attached hydrogens (tertiary/aromatic N) is 4. The van der Waals surface area contributed by atoms with Gasteiger partial charge in [-0.15, -0.1) is 0 Å². The molecule has 0 fully saturated rings. The van der Waals surface area contributed by atoms with Crippen LogP contribution in [0.25, 0.3) is 5.95 Å². The van der Waals surface area contributed by atoms with Gasteiger partial charge in [-0.2, -0.15) is 5.10 Å². The molecule has 24 heavy (non-hydrogen) atoms. The standard InChI is InChI=1S/C17H25N5O2/c1-6-8-18-15(23)10-21-16(24)14(7-2)13(5)19-17(21)22-12(4)9-11(3)20-22/h9H,6-8,10H2,1-5H3,(H,18,23). The largest absolute Gasteiger partial charge is 0.355 e. The van der Waals surface area contributed by atoms with Crippen molar-refractivity contribution in [3.63, 3.8) is 0 Å². The number of aromatic nitrogens is 4. The number of carbonyl (C=O) groups excluding carboxylic acids is 1. The Hall–Kier alpha value is -2.44. The number of aryl methyl sites for hydroxylation is 3. The van der Waals surface area contributed by atoms with Gasteiger partial charge in [-0.3, -0.25) is 14.2 Å². The normalized spacial score (nSPS) is 10.9. The van der Waals surface area contributed by atoms with Crippen molar-refractivity contribution in [2.45, 2.75) is 54.0 Å². The Kier molecular flexibility index (Phi) is 5.54. The molecular formula is C17H25N5O2. The van der Waals surface area contributed by atoms with E-state index in [4.69, 9.17) is 0 Å². The summed E-state index contributed by atoms with van der Waals surface area (Å²) in [6.45, 7) is 10.0. The first-order chi connectivity index (χ1) is 11.4. The molecule has 2 aromatic rings. The fourth-order valence-corrected chi connectivity index (χ4v) is 2.69. The molecule has 0 saturated heterocycles. The maximum Gasteiger partial charge on any atom is 0.258 e. The highest BCUT2D eigenvalue weighted by atomic mass is 16.2. The first-order valence-corrected chi connectivity index (χ1v) is 8.29. The third-order valence-electron chi connectivity index (χ3n) is 3.88. The molecule has 0 aliphatic rings. The van der Waals surface area contributed by atoms with Gasteiger partial charge in [0.15, 0.2) is 0 Å². The van der Waals surface area contributed by atoms with Crippen molar-refractivity contribution in [2.24, 2.45) is 0 Å². The van der Waals surface area contributed by atoms with Crippen LogP contribution in [0.3, 0.4) is 0 Å². The summed E-state index contributed by atoms with van der Waals surface area (Å²) >= 11 is 0. The summed E-state index contributed by atoms with van der Waals surface area (Å²) in [5.74, 6) is 0.182. The van der Waals surface area contributed by atoms with Crippen LogP contribution in [0.15, 0.2) is 10.9 Å². The van der Waals surface area contributed by atoms with E-state index in [0.29, 0.717) is 30.2 Å². The molecule has 1 N–H and O–H groups in total. The van der Waals surface area contributed by atoms with E-state index in [-0.39, 0.29) is 18.0 Å². The van der Waals surface area contributed by atoms with Crippen LogP contribution < -0.4 is 10.9 Å². The minimum Gasteiger partial charge on any atom is -0.355 e. The van der Waals surface area contributed by atoms with Gasteiger partial charge in [0, 0.05) is 17.8 Å². The maximum atomic E-state index is 12.8. The Morgan fingerprint density at radius 1 is 1.25 bits per heavy atom. The molecule has 0 unspecified atom stereocenters. The second-order valence-corrected chi connectivity index (χ2v) is 5.91. The van der Waals surface area contributed by atoms with Gasteiger partial charge < -0.3 is 5.32 Å². The van der Waals surface area contributed by atoms with Crippen LogP contribution in [0.4, 0.5) is 0 Å². The minimum atomic E-state index is -0.200. The van der Waals surface area contributed by atoms with Gasteiger partial charge in [0.2, 0.25) is 11.9 Å². The van der Waals surface area contributed by atoms with Crippen molar-refractivity contribution >= 4 is 5.91 Å². The molecule has 2 aromatic heterocycles. The Morgan fingerprint density at radius 2 is 1.96 bits per heavy atom. The van der Waals surface area contributed by atoms with Crippen LogP contribution in [0.2, 0.25) is 0 Å². The number of nitrogens with one attached hydrogen (secondary N) is 1. The van der Waals surface area contributed by atoms with Gasteiger partial charge in [-0.1, -0.05) is 13.8 Å². The Labute approximate surface area is 141 Å². The monoisotopic (exact) mass is 331 g/mol. The van der Waals surface area contributed by atoms with Crippen molar-refractivity contribution in [1.29, 1.82) is 0 Å². The fourth-order valence-electron chi connectivity index (χ4n) is 2.69. The van der Waals surface area contributed by atoms with Crippen molar-refractivity contribution in [3.8, 4) is 5.95 Å². The second kappa shape index (κ2) is 7.42. The van der Waals surface area contributed by atoms with Gasteiger partial charge in [-0.25, -0.2) is 9.67 Å². The predicted octanol–water partition coefficient (Wildman–Crippen LogP) is 1.44. The van der Waals surface area contributed by atoms with Crippen LogP contribution in [0, 0.1) is 20.8 Å². The molecule has 0 aliphatic heterocycles. The summed E-state index contributed by atoms with van der Waals surface area (Å²) in [5.41, 5.74) is 2.82. The third-order valence-corrected chi connectivity index (χ3v) is 3.88. The maximum absolute atomic E-state index is 12.8. The number of carbonyl (C=O) groups is 1. The second-order valence-electron chi connectivity index (χ2n) is 5.91. The fraction of sp³-hybridized carbons (Fsp3) is 0.529. The first-order valence-electron chi connectivity index (χ1n) is 8.29. The van der Waals surface area contributed by atoms with Crippen molar-refractivity contribution in [3.05, 3.63) is 39.1 Å². The molecule has 0 bridgehead atoms. The van der Waals surface area contributed by atoms with E-state index in [2.05, 4.69) is 15.4 Å². The lowest BCUT2D eigenvalue weighted by molar-refractivity contribution is -0.121. The Balaban J connectivity index is 2.59. The quantitative estimate of drug-likeness (QED) is 0.868. The summed E-state index contributed by atoms with van der Waals surface area (Å²) in [7, 11) is 0. The molecule has 0 atom stereocenters. The predicted molar refractivity (Wildman–Crippen MR) is 92.5 cm³/mol. The van der Waals surface area contributed by atoms with Crippen molar-refractivity contribution in [1.82, 2.24) is 24.6 Å². The van der Waals surface area contributed by atoms with E-state index in [1.54, 1.807) is 4.68 Å². The number of hydrogen-bond acceptors (Lipinski definition) is 4. The SMILES string of the molecule is CCCNC(=O)Cn1c(-n2nc(C)cc2C)nc(C)c(CC)c1=O. The van der Waals surface area contributed by atoms with Crippen LogP contribution in [0.1, 0.15) is 42.9 Å². The van der Waals surface area contributed by atoms with Crippen LogP contribution >= 0.6 is 0 Å². The molecule has 0 radical (unpaired) electrons. The summed E-state index contributed by atoms with van der Waals surface area (Å²) in [4.78, 5) is 29.6. The molecule has 7 nitrogen and oxygen atoms in total. The van der Waals surface area contributed by atoms with Crippen LogP contribution in [0.5, 0.6) is 0 Å². The smallest absolute Gasteiger partial charge is 0.258 e. The Bertz CT molecular complexity index is 804. The summed E-state index contributed by atoms with van der Waals surface area (Å²) < 4.78 is 3.03. The van der Waals surface area contributed by atoms with Gasteiger partial charge in [0.05, 0.1) is 11.4 Å². The van der Waals surface area contributed by atoms with Gasteiger partial charge in [0.1, 0.15) is 6.54 Å². The number of amides is 1. The summed E-state index contributed by atoms with van der Waals surface area (Å²) in [6, 6.07) is 1.91. The molecule has 0 saturated carbocycles. The van der Waals surface area contributed by atoms with E-state index in [9.17, 15) is 9.59 Å². The average molecular weight is 331 g/mol. The highest BCUT2D eigenvalue weighted by Crippen LogP contribution is 2.11. The number of hydrogen-bond donors (Lipinski definition) is 1. The van der Waals surface area contributed by atoms with Crippen LogP contribution in [-0.2, 0) is 17.8 Å². The zero-order chi connectivity index (χ0) is 17.9. The molecule has 2 rings (SSSR count). The van der Waals surface area contributed by atoms with E-state index in [1.807, 2.05) is 40.7 Å². The summed E-state index contributed by atoms with van der Waals surface area (Å²) in [5, 5.41) is 7.21. The molecule has 7 heteroatoms. The van der Waals surface area contributed by atoms with Crippen LogP contribution in [-0.4, -0.2) is 31.8 Å². The lowest BCUT2D eigenvalue weighted by Crippen LogP contribution is -2.37. The molecule has 130 valence electrons. The third kappa shape index (κ3) is 3.55. The lowest BCUT2D eigenvalue weighted by atomic mass is 10.2. The zero-order valence-corrected chi connectivity index (χ0v) is 15.0. The molecule has 0 aliphatic carbocycles.